The number of hydrogen-bond donors (Lipinski definition) is 2. The van der Waals surface area contributed by atoms with Crippen LogP contribution in [0.2, 0.25) is 0 Å². The van der Waals surface area contributed by atoms with Crippen LogP contribution >= 0.6 is 0 Å². The molecule has 3 heterocycles. The normalized spacial score (nSPS) is 18.1. The molecule has 1 fully saturated rings. The van der Waals surface area contributed by atoms with E-state index >= 15 is 0 Å². The summed E-state index contributed by atoms with van der Waals surface area (Å²) in [6.45, 7) is 8.47. The van der Waals surface area contributed by atoms with Crippen molar-refractivity contribution in [2.75, 3.05) is 63.7 Å². The number of nitrogens with one attached hydrogen (secondary N) is 2. The number of nitrogens with zero attached hydrogens (tertiary/aromatic N) is 5. The van der Waals surface area contributed by atoms with Crippen molar-refractivity contribution in [2.45, 2.75) is 32.9 Å². The van der Waals surface area contributed by atoms with Crippen LogP contribution in [-0.4, -0.2) is 91.2 Å². The zero-order chi connectivity index (χ0) is 24.9. The van der Waals surface area contributed by atoms with E-state index in [-0.39, 0.29) is 18.0 Å². The Morgan fingerprint density at radius 2 is 1.94 bits per heavy atom. The quantitative estimate of drug-likeness (QED) is 0.650. The number of anilines is 2. The molecule has 1 aromatic carbocycles. The van der Waals surface area contributed by atoms with Gasteiger partial charge in [0.05, 0.1) is 31.5 Å². The van der Waals surface area contributed by atoms with E-state index in [4.69, 9.17) is 14.7 Å². The average molecular weight is 482 g/mol. The van der Waals surface area contributed by atoms with E-state index in [1.165, 1.54) is 0 Å². The molecule has 0 spiro atoms. The first-order chi connectivity index (χ1) is 16.9. The fourth-order valence-electron chi connectivity index (χ4n) is 4.38. The standard InChI is InChI=1S/C25H35N7O3/c1-5-26-25(34)27-19-8-6-18(7-9-19)23-28-21-14-31(15-22(33)30(3)4)11-10-20(21)24(29-23)32-12-13-35-16-17(32)2/h6-9,17H,5,10-16H2,1-4H3,(H2,26,27,34). The average Bonchev–Trinajstić information content (AvgIpc) is 2.84. The first-order valence-electron chi connectivity index (χ1n) is 12.2. The van der Waals surface area contributed by atoms with Crippen LogP contribution < -0.4 is 15.5 Å². The smallest absolute Gasteiger partial charge is 0.319 e. The topological polar surface area (TPSA) is 103 Å². The Labute approximate surface area is 206 Å². The van der Waals surface area contributed by atoms with Gasteiger partial charge in [-0.05, 0) is 44.5 Å². The molecular formula is C25H35N7O3. The van der Waals surface area contributed by atoms with Crippen LogP contribution in [0.1, 0.15) is 25.1 Å². The van der Waals surface area contributed by atoms with Crippen LogP contribution in [0, 0.1) is 0 Å². The van der Waals surface area contributed by atoms with Crippen LogP contribution in [0.25, 0.3) is 11.4 Å². The Hall–Kier alpha value is -3.24. The monoisotopic (exact) mass is 481 g/mol. The summed E-state index contributed by atoms with van der Waals surface area (Å²) in [5.74, 6) is 1.69. The van der Waals surface area contributed by atoms with Crippen molar-refractivity contribution in [3.63, 3.8) is 0 Å². The van der Waals surface area contributed by atoms with Crippen molar-refractivity contribution < 1.29 is 14.3 Å². The van der Waals surface area contributed by atoms with E-state index in [9.17, 15) is 9.59 Å². The maximum atomic E-state index is 12.3. The van der Waals surface area contributed by atoms with Gasteiger partial charge < -0.3 is 25.2 Å². The first kappa shape index (κ1) is 24.9. The summed E-state index contributed by atoms with van der Waals surface area (Å²) in [5, 5.41) is 5.54. The number of aromatic nitrogens is 2. The second-order valence-electron chi connectivity index (χ2n) is 9.22. The lowest BCUT2D eigenvalue weighted by atomic mass is 10.0. The van der Waals surface area contributed by atoms with Crippen LogP contribution in [0.15, 0.2) is 24.3 Å². The molecule has 188 valence electrons. The zero-order valence-corrected chi connectivity index (χ0v) is 21.0. The number of amides is 3. The van der Waals surface area contributed by atoms with E-state index in [1.54, 1.807) is 19.0 Å². The van der Waals surface area contributed by atoms with Crippen molar-refractivity contribution in [3.8, 4) is 11.4 Å². The van der Waals surface area contributed by atoms with Gasteiger partial charge in [0.2, 0.25) is 5.91 Å². The minimum absolute atomic E-state index is 0.0833. The predicted octanol–water partition coefficient (Wildman–Crippen LogP) is 1.96. The van der Waals surface area contributed by atoms with Crippen molar-refractivity contribution in [1.82, 2.24) is 25.1 Å². The number of urea groups is 1. The zero-order valence-electron chi connectivity index (χ0n) is 21.0. The fraction of sp³-hybridized carbons (Fsp3) is 0.520. The molecule has 1 unspecified atom stereocenters. The Kier molecular flexibility index (Phi) is 7.82. The highest BCUT2D eigenvalue weighted by Gasteiger charge is 2.29. The number of carbonyl (C=O) groups is 2. The lowest BCUT2D eigenvalue weighted by molar-refractivity contribution is -0.130. The van der Waals surface area contributed by atoms with E-state index < -0.39 is 0 Å². The van der Waals surface area contributed by atoms with E-state index in [0.717, 1.165) is 42.1 Å². The SMILES string of the molecule is CCNC(=O)Nc1ccc(-c2nc3c(c(N4CCOCC4C)n2)CCN(CC(=O)N(C)C)C3)cc1. The lowest BCUT2D eigenvalue weighted by Crippen LogP contribution is -2.46. The summed E-state index contributed by atoms with van der Waals surface area (Å²) in [5.41, 5.74) is 3.70. The molecule has 1 aromatic heterocycles. The molecule has 1 saturated heterocycles. The minimum atomic E-state index is -0.235. The lowest BCUT2D eigenvalue weighted by Gasteiger charge is -2.37. The van der Waals surface area contributed by atoms with Crippen molar-refractivity contribution in [1.29, 1.82) is 0 Å². The molecule has 0 radical (unpaired) electrons. The largest absolute Gasteiger partial charge is 0.377 e. The molecule has 0 bridgehead atoms. The Morgan fingerprint density at radius 3 is 2.63 bits per heavy atom. The summed E-state index contributed by atoms with van der Waals surface area (Å²) in [6.07, 6.45) is 0.797. The molecule has 10 heteroatoms. The molecule has 1 atom stereocenters. The third-order valence-electron chi connectivity index (χ3n) is 6.36. The van der Waals surface area contributed by atoms with Gasteiger partial charge >= 0.3 is 6.03 Å². The second-order valence-corrected chi connectivity index (χ2v) is 9.22. The summed E-state index contributed by atoms with van der Waals surface area (Å²) in [7, 11) is 3.56. The van der Waals surface area contributed by atoms with Crippen LogP contribution in [0.3, 0.4) is 0 Å². The maximum Gasteiger partial charge on any atom is 0.319 e. The molecule has 0 saturated carbocycles. The van der Waals surface area contributed by atoms with E-state index in [0.29, 0.717) is 44.4 Å². The van der Waals surface area contributed by atoms with Crippen molar-refractivity contribution in [3.05, 3.63) is 35.5 Å². The van der Waals surface area contributed by atoms with Gasteiger partial charge in [-0.2, -0.15) is 0 Å². The highest BCUT2D eigenvalue weighted by Crippen LogP contribution is 2.31. The molecule has 0 aliphatic carbocycles. The third-order valence-corrected chi connectivity index (χ3v) is 6.36. The Morgan fingerprint density at radius 1 is 1.17 bits per heavy atom. The van der Waals surface area contributed by atoms with Gasteiger partial charge in [-0.15, -0.1) is 0 Å². The Balaban J connectivity index is 1.65. The summed E-state index contributed by atoms with van der Waals surface area (Å²) < 4.78 is 5.66. The maximum absolute atomic E-state index is 12.3. The molecule has 2 aliphatic rings. The minimum Gasteiger partial charge on any atom is -0.377 e. The molecular weight excluding hydrogens is 446 g/mol. The third kappa shape index (κ3) is 5.88. The molecule has 2 aliphatic heterocycles. The summed E-state index contributed by atoms with van der Waals surface area (Å²) in [6, 6.07) is 7.53. The van der Waals surface area contributed by atoms with Gasteiger partial charge in [-0.3, -0.25) is 9.69 Å². The number of morpholine rings is 1. The predicted molar refractivity (Wildman–Crippen MR) is 135 cm³/mol. The second kappa shape index (κ2) is 11.0. The van der Waals surface area contributed by atoms with Crippen molar-refractivity contribution in [2.24, 2.45) is 0 Å². The molecule has 3 amide bonds. The highest BCUT2D eigenvalue weighted by molar-refractivity contribution is 5.89. The van der Waals surface area contributed by atoms with E-state index in [2.05, 4.69) is 27.4 Å². The molecule has 2 aromatic rings. The molecule has 2 N–H and O–H groups in total. The number of carbonyl (C=O) groups excluding carboxylic acids is 2. The Bertz CT molecular complexity index is 1060. The summed E-state index contributed by atoms with van der Waals surface area (Å²) >= 11 is 0. The number of likely N-dealkylation sites (N-methyl/N-ethyl adjacent to an activating group) is 1. The number of hydrogen-bond acceptors (Lipinski definition) is 7. The van der Waals surface area contributed by atoms with Crippen LogP contribution in [0.4, 0.5) is 16.3 Å². The van der Waals surface area contributed by atoms with Crippen molar-refractivity contribution >= 4 is 23.4 Å². The molecule has 10 nitrogen and oxygen atoms in total. The van der Waals surface area contributed by atoms with Gasteiger partial charge in [-0.25, -0.2) is 14.8 Å². The van der Waals surface area contributed by atoms with Gasteiger partial charge in [0.15, 0.2) is 5.82 Å². The number of ether oxygens (including phenoxy) is 1. The molecule has 4 rings (SSSR count). The van der Waals surface area contributed by atoms with Gasteiger partial charge in [0, 0.05) is 57.1 Å². The van der Waals surface area contributed by atoms with Gasteiger partial charge in [0.1, 0.15) is 5.82 Å². The molecule has 35 heavy (non-hydrogen) atoms. The summed E-state index contributed by atoms with van der Waals surface area (Å²) in [4.78, 5) is 40.2. The number of fused-ring (bicyclic) bond motifs is 1. The van der Waals surface area contributed by atoms with Gasteiger partial charge in [0.25, 0.3) is 0 Å². The first-order valence-corrected chi connectivity index (χ1v) is 12.2. The fourth-order valence-corrected chi connectivity index (χ4v) is 4.38. The number of benzene rings is 1. The van der Waals surface area contributed by atoms with Gasteiger partial charge in [-0.1, -0.05) is 0 Å². The van der Waals surface area contributed by atoms with Crippen LogP contribution in [0.5, 0.6) is 0 Å². The van der Waals surface area contributed by atoms with Crippen LogP contribution in [-0.2, 0) is 22.5 Å². The number of rotatable bonds is 6. The van der Waals surface area contributed by atoms with E-state index in [1.807, 2.05) is 31.2 Å². The highest BCUT2D eigenvalue weighted by atomic mass is 16.5.